The van der Waals surface area contributed by atoms with E-state index in [-0.39, 0.29) is 12.4 Å². The van der Waals surface area contributed by atoms with Crippen LogP contribution in [-0.2, 0) is 0 Å². The van der Waals surface area contributed by atoms with Crippen LogP contribution < -0.4 is 5.32 Å². The molecule has 5 heteroatoms. The van der Waals surface area contributed by atoms with Crippen molar-refractivity contribution in [3.63, 3.8) is 0 Å². The van der Waals surface area contributed by atoms with Crippen molar-refractivity contribution in [2.75, 3.05) is 26.2 Å². The van der Waals surface area contributed by atoms with Crippen molar-refractivity contribution in [3.05, 3.63) is 35.6 Å². The van der Waals surface area contributed by atoms with Gasteiger partial charge in [-0.15, -0.1) is 0 Å². The molecule has 2 N–H and O–H groups in total. The lowest BCUT2D eigenvalue weighted by Crippen LogP contribution is -2.48. The first-order chi connectivity index (χ1) is 11.0. The highest BCUT2D eigenvalue weighted by Crippen LogP contribution is 2.21. The predicted octanol–water partition coefficient (Wildman–Crippen LogP) is 2.80. The summed E-state index contributed by atoms with van der Waals surface area (Å²) in [6.07, 6.45) is 0.304. The van der Waals surface area contributed by atoms with Crippen LogP contribution in [-0.4, -0.2) is 42.1 Å². The molecule has 128 valence electrons. The maximum absolute atomic E-state index is 13.7. The molecule has 0 aliphatic carbocycles. The molecule has 0 radical (unpaired) electrons. The minimum absolute atomic E-state index is 0.155. The van der Waals surface area contributed by atoms with Crippen LogP contribution >= 0.6 is 0 Å². The SMILES string of the molecule is CCNC(=NCC(O)c1ccccc1F)N1CC(C)CC(C)C1. The second-order valence-corrected chi connectivity index (χ2v) is 6.58. The number of nitrogens with zero attached hydrogens (tertiary/aromatic N) is 2. The van der Waals surface area contributed by atoms with Crippen LogP contribution in [0.4, 0.5) is 4.39 Å². The van der Waals surface area contributed by atoms with E-state index in [0.717, 1.165) is 25.6 Å². The molecule has 0 amide bonds. The van der Waals surface area contributed by atoms with E-state index < -0.39 is 6.10 Å². The lowest BCUT2D eigenvalue weighted by atomic mass is 9.92. The normalized spacial score (nSPS) is 23.7. The number of piperidine rings is 1. The summed E-state index contributed by atoms with van der Waals surface area (Å²) in [4.78, 5) is 6.78. The largest absolute Gasteiger partial charge is 0.386 e. The van der Waals surface area contributed by atoms with E-state index in [9.17, 15) is 9.50 Å². The number of aliphatic hydroxyl groups is 1. The third-order valence-corrected chi connectivity index (χ3v) is 4.18. The summed E-state index contributed by atoms with van der Waals surface area (Å²) in [6.45, 7) is 9.38. The number of nitrogens with one attached hydrogen (secondary N) is 1. The fraction of sp³-hybridized carbons (Fsp3) is 0.611. The quantitative estimate of drug-likeness (QED) is 0.662. The Bertz CT molecular complexity index is 525. The Morgan fingerprint density at radius 1 is 1.35 bits per heavy atom. The van der Waals surface area contributed by atoms with Crippen molar-refractivity contribution < 1.29 is 9.50 Å². The van der Waals surface area contributed by atoms with Gasteiger partial charge in [0.15, 0.2) is 5.96 Å². The van der Waals surface area contributed by atoms with E-state index in [1.807, 2.05) is 6.92 Å². The van der Waals surface area contributed by atoms with Gasteiger partial charge < -0.3 is 15.3 Å². The van der Waals surface area contributed by atoms with E-state index in [2.05, 4.69) is 29.1 Å². The number of hydrogen-bond donors (Lipinski definition) is 2. The van der Waals surface area contributed by atoms with Gasteiger partial charge in [-0.3, -0.25) is 4.99 Å². The summed E-state index contributed by atoms with van der Waals surface area (Å²) < 4.78 is 13.7. The van der Waals surface area contributed by atoms with Crippen LogP contribution in [0.5, 0.6) is 0 Å². The van der Waals surface area contributed by atoms with Crippen LogP contribution in [0.2, 0.25) is 0 Å². The van der Waals surface area contributed by atoms with Crippen LogP contribution in [0.1, 0.15) is 38.9 Å². The molecular formula is C18H28FN3O. The molecule has 1 aromatic rings. The van der Waals surface area contributed by atoms with Gasteiger partial charge in [0, 0.05) is 25.2 Å². The second-order valence-electron chi connectivity index (χ2n) is 6.58. The first-order valence-corrected chi connectivity index (χ1v) is 8.47. The monoisotopic (exact) mass is 321 g/mol. The highest BCUT2D eigenvalue weighted by atomic mass is 19.1. The van der Waals surface area contributed by atoms with Gasteiger partial charge in [0.05, 0.1) is 6.54 Å². The molecule has 0 bridgehead atoms. The molecule has 1 fully saturated rings. The zero-order valence-electron chi connectivity index (χ0n) is 14.3. The van der Waals surface area contributed by atoms with Gasteiger partial charge in [-0.05, 0) is 31.2 Å². The Hall–Kier alpha value is -1.62. The summed E-state index contributed by atoms with van der Waals surface area (Å²) in [5.74, 6) is 1.67. The van der Waals surface area contributed by atoms with Crippen molar-refractivity contribution in [2.24, 2.45) is 16.8 Å². The highest BCUT2D eigenvalue weighted by Gasteiger charge is 2.24. The van der Waals surface area contributed by atoms with E-state index in [1.54, 1.807) is 18.2 Å². The van der Waals surface area contributed by atoms with Crippen LogP contribution in [0.25, 0.3) is 0 Å². The number of aliphatic imine (C=N–C) groups is 1. The summed E-state index contributed by atoms with van der Waals surface area (Å²) in [6, 6.07) is 6.31. The lowest BCUT2D eigenvalue weighted by molar-refractivity contribution is 0.179. The van der Waals surface area contributed by atoms with Gasteiger partial charge in [0.2, 0.25) is 0 Å². The molecule has 1 aliphatic rings. The van der Waals surface area contributed by atoms with Gasteiger partial charge in [0.1, 0.15) is 11.9 Å². The Kier molecular flexibility index (Phi) is 6.39. The van der Waals surface area contributed by atoms with Gasteiger partial charge in [-0.1, -0.05) is 32.0 Å². The maximum atomic E-state index is 13.7. The third kappa shape index (κ3) is 4.93. The van der Waals surface area contributed by atoms with Crippen LogP contribution in [0.3, 0.4) is 0 Å². The molecule has 23 heavy (non-hydrogen) atoms. The molecular weight excluding hydrogens is 293 g/mol. The molecule has 1 heterocycles. The second kappa shape index (κ2) is 8.29. The summed E-state index contributed by atoms with van der Waals surface area (Å²) in [5, 5.41) is 13.5. The maximum Gasteiger partial charge on any atom is 0.194 e. The highest BCUT2D eigenvalue weighted by molar-refractivity contribution is 5.80. The molecule has 1 aliphatic heterocycles. The first kappa shape index (κ1) is 17.7. The molecule has 3 atom stereocenters. The summed E-state index contributed by atoms with van der Waals surface area (Å²) in [7, 11) is 0. The number of guanidine groups is 1. The zero-order chi connectivity index (χ0) is 16.8. The Balaban J connectivity index is 2.08. The van der Waals surface area contributed by atoms with Crippen molar-refractivity contribution in [2.45, 2.75) is 33.3 Å². The van der Waals surface area contributed by atoms with Crippen molar-refractivity contribution >= 4 is 5.96 Å². The number of likely N-dealkylation sites (tertiary alicyclic amines) is 1. The van der Waals surface area contributed by atoms with E-state index in [4.69, 9.17) is 0 Å². The molecule has 1 aromatic carbocycles. The Labute approximate surface area is 138 Å². The molecule has 4 nitrogen and oxygen atoms in total. The van der Waals surface area contributed by atoms with E-state index >= 15 is 0 Å². The average Bonchev–Trinajstić information content (AvgIpc) is 2.50. The standard InChI is InChI=1S/C18H28FN3O/c1-4-20-18(22-11-13(2)9-14(3)12-22)21-10-17(23)15-7-5-6-8-16(15)19/h5-8,13-14,17,23H,4,9-12H2,1-3H3,(H,20,21). The fourth-order valence-electron chi connectivity index (χ4n) is 3.28. The van der Waals surface area contributed by atoms with Gasteiger partial charge in [-0.25, -0.2) is 4.39 Å². The van der Waals surface area contributed by atoms with E-state index in [1.165, 1.54) is 12.5 Å². The van der Waals surface area contributed by atoms with Crippen LogP contribution in [0.15, 0.2) is 29.3 Å². The third-order valence-electron chi connectivity index (χ3n) is 4.18. The minimum atomic E-state index is -0.926. The number of hydrogen-bond acceptors (Lipinski definition) is 2. The topological polar surface area (TPSA) is 47.9 Å². The molecule has 1 saturated heterocycles. The average molecular weight is 321 g/mol. The summed E-state index contributed by atoms with van der Waals surface area (Å²) in [5.41, 5.74) is 0.299. The molecule has 3 unspecified atom stereocenters. The number of benzene rings is 1. The van der Waals surface area contributed by atoms with E-state index in [0.29, 0.717) is 17.4 Å². The molecule has 0 aromatic heterocycles. The number of halogens is 1. The molecule has 2 rings (SSSR count). The van der Waals surface area contributed by atoms with Crippen LogP contribution in [0, 0.1) is 17.7 Å². The first-order valence-electron chi connectivity index (χ1n) is 8.47. The zero-order valence-corrected chi connectivity index (χ0v) is 14.3. The number of rotatable bonds is 4. The lowest BCUT2D eigenvalue weighted by Gasteiger charge is -2.37. The van der Waals surface area contributed by atoms with Crippen molar-refractivity contribution in [3.8, 4) is 0 Å². The van der Waals surface area contributed by atoms with Gasteiger partial charge in [0.25, 0.3) is 0 Å². The Morgan fingerprint density at radius 2 is 2.00 bits per heavy atom. The van der Waals surface area contributed by atoms with Gasteiger partial charge >= 0.3 is 0 Å². The van der Waals surface area contributed by atoms with Crippen molar-refractivity contribution in [1.82, 2.24) is 10.2 Å². The smallest absolute Gasteiger partial charge is 0.194 e. The summed E-state index contributed by atoms with van der Waals surface area (Å²) >= 11 is 0. The molecule has 0 spiro atoms. The van der Waals surface area contributed by atoms with Gasteiger partial charge in [-0.2, -0.15) is 0 Å². The number of aliphatic hydroxyl groups excluding tert-OH is 1. The Morgan fingerprint density at radius 3 is 2.61 bits per heavy atom. The predicted molar refractivity (Wildman–Crippen MR) is 91.9 cm³/mol. The molecule has 0 saturated carbocycles. The van der Waals surface area contributed by atoms with Crippen molar-refractivity contribution in [1.29, 1.82) is 0 Å². The fourth-order valence-corrected chi connectivity index (χ4v) is 3.28. The minimum Gasteiger partial charge on any atom is -0.386 e.